The third-order valence-electron chi connectivity index (χ3n) is 4.62. The van der Waals surface area contributed by atoms with E-state index in [0.717, 1.165) is 21.7 Å². The summed E-state index contributed by atoms with van der Waals surface area (Å²) in [4.78, 5) is 25.1. The van der Waals surface area contributed by atoms with Gasteiger partial charge in [0, 0.05) is 5.69 Å². The predicted octanol–water partition coefficient (Wildman–Crippen LogP) is 3.66. The van der Waals surface area contributed by atoms with Crippen molar-refractivity contribution in [1.82, 2.24) is 0 Å². The van der Waals surface area contributed by atoms with Crippen LogP contribution in [0.1, 0.15) is 41.8 Å². The lowest BCUT2D eigenvalue weighted by Crippen LogP contribution is -2.47. The van der Waals surface area contributed by atoms with Crippen molar-refractivity contribution in [3.63, 3.8) is 0 Å². The Bertz CT molecular complexity index is 1020. The molecule has 162 valence electrons. The third-order valence-corrected chi connectivity index (χ3v) is 5.80. The average Bonchev–Trinajstić information content (AvgIpc) is 2.67. The Morgan fingerprint density at radius 1 is 1.07 bits per heavy atom. The number of hydrogen-bond donors (Lipinski definition) is 1. The minimum atomic E-state index is -3.72. The molecule has 0 aliphatic carbocycles. The fourth-order valence-corrected chi connectivity index (χ4v) is 4.28. The smallest absolute Gasteiger partial charge is 0.338 e. The predicted molar refractivity (Wildman–Crippen MR) is 118 cm³/mol. The quantitative estimate of drug-likeness (QED) is 0.643. The van der Waals surface area contributed by atoms with Gasteiger partial charge < -0.3 is 10.1 Å². The molecule has 0 aliphatic rings. The zero-order valence-electron chi connectivity index (χ0n) is 17.9. The Morgan fingerprint density at radius 2 is 1.70 bits per heavy atom. The highest BCUT2D eigenvalue weighted by Crippen LogP contribution is 2.25. The largest absolute Gasteiger partial charge is 0.462 e. The maximum absolute atomic E-state index is 13.1. The van der Waals surface area contributed by atoms with Gasteiger partial charge in [-0.1, -0.05) is 30.7 Å². The molecule has 2 aromatic rings. The number of aryl methyl sites for hydroxylation is 2. The molecule has 0 saturated heterocycles. The summed E-state index contributed by atoms with van der Waals surface area (Å²) in [5.74, 6) is -0.968. The van der Waals surface area contributed by atoms with Crippen molar-refractivity contribution in [2.75, 3.05) is 22.5 Å². The van der Waals surface area contributed by atoms with E-state index in [2.05, 4.69) is 5.32 Å². The topological polar surface area (TPSA) is 92.8 Å². The Morgan fingerprint density at radius 3 is 2.23 bits per heavy atom. The minimum absolute atomic E-state index is 0.242. The van der Waals surface area contributed by atoms with Gasteiger partial charge in [-0.3, -0.25) is 9.10 Å². The van der Waals surface area contributed by atoms with E-state index in [0.29, 0.717) is 16.9 Å². The maximum atomic E-state index is 13.1. The van der Waals surface area contributed by atoms with Crippen LogP contribution in [0.15, 0.2) is 42.5 Å². The van der Waals surface area contributed by atoms with Crippen LogP contribution >= 0.6 is 0 Å². The van der Waals surface area contributed by atoms with E-state index in [9.17, 15) is 18.0 Å². The van der Waals surface area contributed by atoms with Crippen molar-refractivity contribution in [3.8, 4) is 0 Å². The second-order valence-electron chi connectivity index (χ2n) is 7.06. The number of carbonyl (C=O) groups is 2. The van der Waals surface area contributed by atoms with Crippen LogP contribution in [0, 0.1) is 13.8 Å². The molecule has 8 heteroatoms. The molecular formula is C22H28N2O5S. The van der Waals surface area contributed by atoms with Gasteiger partial charge >= 0.3 is 5.97 Å². The molecule has 1 atom stereocenters. The van der Waals surface area contributed by atoms with Crippen molar-refractivity contribution in [2.45, 2.75) is 40.2 Å². The highest BCUT2D eigenvalue weighted by Gasteiger charge is 2.31. The van der Waals surface area contributed by atoms with E-state index >= 15 is 0 Å². The van der Waals surface area contributed by atoms with Crippen molar-refractivity contribution in [1.29, 1.82) is 0 Å². The van der Waals surface area contributed by atoms with Crippen LogP contribution in [0.5, 0.6) is 0 Å². The molecule has 0 aromatic heterocycles. The first kappa shape index (κ1) is 23.4. The van der Waals surface area contributed by atoms with E-state index in [-0.39, 0.29) is 13.0 Å². The Kier molecular flexibility index (Phi) is 7.61. The summed E-state index contributed by atoms with van der Waals surface area (Å²) in [6.45, 7) is 7.40. The van der Waals surface area contributed by atoms with Crippen molar-refractivity contribution in [2.24, 2.45) is 0 Å². The summed E-state index contributed by atoms with van der Waals surface area (Å²) in [7, 11) is -3.72. The van der Waals surface area contributed by atoms with Crippen molar-refractivity contribution >= 4 is 33.3 Å². The summed E-state index contributed by atoms with van der Waals surface area (Å²) in [6.07, 6.45) is 1.35. The summed E-state index contributed by atoms with van der Waals surface area (Å²) >= 11 is 0. The molecule has 2 rings (SSSR count). The Balaban J connectivity index is 2.38. The Labute approximate surface area is 178 Å². The Hall–Kier alpha value is -2.87. The molecule has 0 fully saturated rings. The number of hydrogen-bond acceptors (Lipinski definition) is 5. The number of ether oxygens (including phenoxy) is 1. The first-order valence-electron chi connectivity index (χ1n) is 9.73. The number of anilines is 2. The molecule has 30 heavy (non-hydrogen) atoms. The van der Waals surface area contributed by atoms with Gasteiger partial charge in [0.05, 0.1) is 24.1 Å². The maximum Gasteiger partial charge on any atom is 0.338 e. The number of amides is 1. The highest BCUT2D eigenvalue weighted by molar-refractivity contribution is 7.92. The monoisotopic (exact) mass is 432 g/mol. The van der Waals surface area contributed by atoms with E-state index in [1.54, 1.807) is 57.2 Å². The molecule has 0 aliphatic heterocycles. The van der Waals surface area contributed by atoms with E-state index in [4.69, 9.17) is 4.74 Å². The minimum Gasteiger partial charge on any atom is -0.462 e. The summed E-state index contributed by atoms with van der Waals surface area (Å²) < 4.78 is 31.2. The second-order valence-corrected chi connectivity index (χ2v) is 8.92. The van der Waals surface area contributed by atoms with Gasteiger partial charge in [-0.25, -0.2) is 13.2 Å². The zero-order valence-corrected chi connectivity index (χ0v) is 18.7. The van der Waals surface area contributed by atoms with E-state index in [1.807, 2.05) is 6.92 Å². The molecule has 0 unspecified atom stereocenters. The van der Waals surface area contributed by atoms with Crippen LogP contribution in [0.2, 0.25) is 0 Å². The van der Waals surface area contributed by atoms with Gasteiger partial charge in [-0.2, -0.15) is 0 Å². The fraction of sp³-hybridized carbons (Fsp3) is 0.364. The summed E-state index contributed by atoms with van der Waals surface area (Å²) in [5, 5.41) is 2.78. The molecule has 7 nitrogen and oxygen atoms in total. The van der Waals surface area contributed by atoms with Crippen LogP contribution in [0.3, 0.4) is 0 Å². The molecule has 0 saturated carbocycles. The molecule has 0 heterocycles. The SMILES string of the molecule is CCOC(=O)c1ccc(C)c(NC(=O)[C@H](CC)N(c2ccc(C)cc2)S(C)(=O)=O)c1. The molecule has 0 spiro atoms. The van der Waals surface area contributed by atoms with Gasteiger partial charge in [0.1, 0.15) is 6.04 Å². The number of nitrogens with one attached hydrogen (secondary N) is 1. The number of benzene rings is 2. The first-order valence-corrected chi connectivity index (χ1v) is 11.6. The third kappa shape index (κ3) is 5.60. The zero-order chi connectivity index (χ0) is 22.5. The van der Waals surface area contributed by atoms with Crippen molar-refractivity contribution < 1.29 is 22.7 Å². The number of rotatable bonds is 8. The van der Waals surface area contributed by atoms with Gasteiger partial charge in [0.25, 0.3) is 0 Å². The lowest BCUT2D eigenvalue weighted by atomic mass is 10.1. The molecule has 1 amide bonds. The van der Waals surface area contributed by atoms with Gasteiger partial charge in [0.2, 0.25) is 15.9 Å². The summed E-state index contributed by atoms with van der Waals surface area (Å²) in [6, 6.07) is 10.9. The van der Waals surface area contributed by atoms with Crippen molar-refractivity contribution in [3.05, 3.63) is 59.2 Å². The lowest BCUT2D eigenvalue weighted by Gasteiger charge is -2.30. The fourth-order valence-electron chi connectivity index (χ4n) is 3.07. The number of carbonyl (C=O) groups excluding carboxylic acids is 2. The van der Waals surface area contributed by atoms with E-state index in [1.165, 1.54) is 6.07 Å². The van der Waals surface area contributed by atoms with Gasteiger partial charge in [-0.05, 0) is 57.0 Å². The number of esters is 1. The summed E-state index contributed by atoms with van der Waals surface area (Å²) in [5.41, 5.74) is 2.89. The molecule has 0 radical (unpaired) electrons. The normalized spacial score (nSPS) is 12.2. The molecular weight excluding hydrogens is 404 g/mol. The molecule has 2 aromatic carbocycles. The molecule has 1 N–H and O–H groups in total. The highest BCUT2D eigenvalue weighted by atomic mass is 32.2. The first-order chi connectivity index (χ1) is 14.1. The van der Waals surface area contributed by atoms with Crippen LogP contribution < -0.4 is 9.62 Å². The lowest BCUT2D eigenvalue weighted by molar-refractivity contribution is -0.117. The second kappa shape index (κ2) is 9.75. The average molecular weight is 433 g/mol. The van der Waals surface area contributed by atoms with Crippen LogP contribution in [0.25, 0.3) is 0 Å². The van der Waals surface area contributed by atoms with Gasteiger partial charge in [0.15, 0.2) is 0 Å². The van der Waals surface area contributed by atoms with Gasteiger partial charge in [-0.15, -0.1) is 0 Å². The standard InChI is InChI=1S/C22H28N2O5S/c1-6-20(24(30(5,27)28)18-12-8-15(3)9-13-18)21(25)23-19-14-17(11-10-16(19)4)22(26)29-7-2/h8-14,20H,6-7H2,1-5H3,(H,23,25)/t20-/m0/s1. The van der Waals surface area contributed by atoms with E-state index < -0.39 is 27.9 Å². The van der Waals surface area contributed by atoms with Crippen LogP contribution in [-0.4, -0.2) is 39.2 Å². The number of nitrogens with zero attached hydrogens (tertiary/aromatic N) is 1. The van der Waals surface area contributed by atoms with Crippen LogP contribution in [-0.2, 0) is 19.6 Å². The van der Waals surface area contributed by atoms with Crippen LogP contribution in [0.4, 0.5) is 11.4 Å². The number of sulfonamides is 1. The molecule has 0 bridgehead atoms.